The first-order valence-corrected chi connectivity index (χ1v) is 5.79. The Balaban J connectivity index is 2.29. The van der Waals surface area contributed by atoms with Gasteiger partial charge in [0.2, 0.25) is 0 Å². The SMILES string of the molecule is CCCSC1(C)CCC(C)C1. The second kappa shape index (κ2) is 3.84. The van der Waals surface area contributed by atoms with E-state index in [9.17, 15) is 0 Å². The standard InChI is InChI=1S/C10H20S/c1-4-7-11-10(3)6-5-9(2)8-10/h9H,4-8H2,1-3H3. The van der Waals surface area contributed by atoms with Crippen molar-refractivity contribution in [3.63, 3.8) is 0 Å². The van der Waals surface area contributed by atoms with Gasteiger partial charge < -0.3 is 0 Å². The van der Waals surface area contributed by atoms with E-state index < -0.39 is 0 Å². The molecular formula is C10H20S. The Bertz CT molecular complexity index is 122. The van der Waals surface area contributed by atoms with Crippen LogP contribution in [0.2, 0.25) is 0 Å². The summed E-state index contributed by atoms with van der Waals surface area (Å²) in [6, 6.07) is 0. The van der Waals surface area contributed by atoms with Crippen LogP contribution in [0.5, 0.6) is 0 Å². The molecule has 1 saturated carbocycles. The van der Waals surface area contributed by atoms with Gasteiger partial charge in [-0.2, -0.15) is 11.8 Å². The van der Waals surface area contributed by atoms with Gasteiger partial charge in [-0.15, -0.1) is 0 Å². The maximum Gasteiger partial charge on any atom is 0.0134 e. The lowest BCUT2D eigenvalue weighted by atomic mass is 10.1. The zero-order valence-electron chi connectivity index (χ0n) is 8.02. The monoisotopic (exact) mass is 172 g/mol. The molecule has 0 nitrogen and oxygen atoms in total. The molecule has 2 atom stereocenters. The first kappa shape index (κ1) is 9.44. The molecule has 0 amide bonds. The fourth-order valence-electron chi connectivity index (χ4n) is 1.97. The van der Waals surface area contributed by atoms with Gasteiger partial charge in [-0.1, -0.05) is 20.8 Å². The van der Waals surface area contributed by atoms with E-state index in [-0.39, 0.29) is 0 Å². The topological polar surface area (TPSA) is 0 Å². The van der Waals surface area contributed by atoms with Crippen LogP contribution in [0.3, 0.4) is 0 Å². The molecule has 1 aliphatic rings. The lowest BCUT2D eigenvalue weighted by molar-refractivity contribution is 0.584. The van der Waals surface area contributed by atoms with Crippen molar-refractivity contribution in [3.8, 4) is 0 Å². The van der Waals surface area contributed by atoms with E-state index in [4.69, 9.17) is 0 Å². The first-order valence-electron chi connectivity index (χ1n) is 4.80. The normalized spacial score (nSPS) is 37.9. The van der Waals surface area contributed by atoms with Gasteiger partial charge in [0.15, 0.2) is 0 Å². The molecule has 0 aromatic carbocycles. The van der Waals surface area contributed by atoms with Crippen molar-refractivity contribution in [1.82, 2.24) is 0 Å². The number of rotatable bonds is 3. The minimum absolute atomic E-state index is 0.634. The molecule has 0 aromatic rings. The van der Waals surface area contributed by atoms with Crippen LogP contribution in [0.25, 0.3) is 0 Å². The van der Waals surface area contributed by atoms with Crippen LogP contribution in [0, 0.1) is 5.92 Å². The Hall–Kier alpha value is 0.350. The van der Waals surface area contributed by atoms with E-state index in [1.807, 2.05) is 0 Å². The average Bonchev–Trinajstić information content (AvgIpc) is 2.28. The molecule has 1 aliphatic carbocycles. The van der Waals surface area contributed by atoms with Gasteiger partial charge in [0.1, 0.15) is 0 Å². The number of thioether (sulfide) groups is 1. The summed E-state index contributed by atoms with van der Waals surface area (Å²) in [5.41, 5.74) is 0. The van der Waals surface area contributed by atoms with Gasteiger partial charge in [-0.25, -0.2) is 0 Å². The second-order valence-corrected chi connectivity index (χ2v) is 5.83. The van der Waals surface area contributed by atoms with Gasteiger partial charge >= 0.3 is 0 Å². The Labute approximate surface area is 75.1 Å². The summed E-state index contributed by atoms with van der Waals surface area (Å²) in [6.07, 6.45) is 5.67. The molecule has 0 radical (unpaired) electrons. The van der Waals surface area contributed by atoms with Gasteiger partial charge in [0.05, 0.1) is 0 Å². The fourth-order valence-corrected chi connectivity index (χ4v) is 3.33. The van der Waals surface area contributed by atoms with Gasteiger partial charge in [0.25, 0.3) is 0 Å². The van der Waals surface area contributed by atoms with E-state index in [1.54, 1.807) is 0 Å². The lowest BCUT2D eigenvalue weighted by Gasteiger charge is -2.22. The lowest BCUT2D eigenvalue weighted by Crippen LogP contribution is -2.15. The summed E-state index contributed by atoms with van der Waals surface area (Å²) >= 11 is 2.19. The van der Waals surface area contributed by atoms with Crippen molar-refractivity contribution < 1.29 is 0 Å². The largest absolute Gasteiger partial charge is 0.155 e. The van der Waals surface area contributed by atoms with Crippen molar-refractivity contribution in [2.75, 3.05) is 5.75 Å². The Kier molecular flexibility index (Phi) is 3.29. The Morgan fingerprint density at radius 1 is 1.55 bits per heavy atom. The smallest absolute Gasteiger partial charge is 0.0134 e. The highest BCUT2D eigenvalue weighted by atomic mass is 32.2. The highest BCUT2D eigenvalue weighted by molar-refractivity contribution is 8.00. The van der Waals surface area contributed by atoms with E-state index in [2.05, 4.69) is 32.5 Å². The predicted octanol–water partition coefficient (Wildman–Crippen LogP) is 3.71. The summed E-state index contributed by atoms with van der Waals surface area (Å²) in [7, 11) is 0. The summed E-state index contributed by atoms with van der Waals surface area (Å²) in [4.78, 5) is 0. The van der Waals surface area contributed by atoms with Crippen LogP contribution in [0.4, 0.5) is 0 Å². The summed E-state index contributed by atoms with van der Waals surface area (Å²) in [5.74, 6) is 2.33. The third-order valence-corrected chi connectivity index (χ3v) is 4.28. The third-order valence-electron chi connectivity index (χ3n) is 2.60. The summed E-state index contributed by atoms with van der Waals surface area (Å²) in [5, 5.41) is 0. The highest BCUT2D eigenvalue weighted by Crippen LogP contribution is 2.43. The molecule has 1 fully saturated rings. The molecule has 11 heavy (non-hydrogen) atoms. The quantitative estimate of drug-likeness (QED) is 0.625. The van der Waals surface area contributed by atoms with Gasteiger partial charge in [0, 0.05) is 4.75 Å². The van der Waals surface area contributed by atoms with Crippen molar-refractivity contribution in [2.45, 2.75) is 51.2 Å². The van der Waals surface area contributed by atoms with Crippen LogP contribution in [-0.2, 0) is 0 Å². The van der Waals surface area contributed by atoms with Crippen LogP contribution in [0.1, 0.15) is 46.5 Å². The summed E-state index contributed by atoms with van der Waals surface area (Å²) in [6.45, 7) is 7.10. The maximum atomic E-state index is 2.44. The van der Waals surface area contributed by atoms with Crippen molar-refractivity contribution in [2.24, 2.45) is 5.92 Å². The molecule has 2 unspecified atom stereocenters. The number of hydrogen-bond acceptors (Lipinski definition) is 1. The van der Waals surface area contributed by atoms with Crippen molar-refractivity contribution in [1.29, 1.82) is 0 Å². The molecule has 0 spiro atoms. The molecule has 1 rings (SSSR count). The average molecular weight is 172 g/mol. The first-order chi connectivity index (χ1) is 5.16. The second-order valence-electron chi connectivity index (χ2n) is 4.15. The van der Waals surface area contributed by atoms with Gasteiger partial charge in [-0.05, 0) is 37.4 Å². The van der Waals surface area contributed by atoms with Crippen molar-refractivity contribution in [3.05, 3.63) is 0 Å². The highest BCUT2D eigenvalue weighted by Gasteiger charge is 2.32. The third kappa shape index (κ3) is 2.70. The zero-order chi connectivity index (χ0) is 8.32. The van der Waals surface area contributed by atoms with Gasteiger partial charge in [-0.3, -0.25) is 0 Å². The van der Waals surface area contributed by atoms with E-state index >= 15 is 0 Å². The van der Waals surface area contributed by atoms with Crippen LogP contribution < -0.4 is 0 Å². The predicted molar refractivity (Wildman–Crippen MR) is 54.2 cm³/mol. The van der Waals surface area contributed by atoms with Crippen LogP contribution in [0.15, 0.2) is 0 Å². The number of hydrogen-bond donors (Lipinski definition) is 0. The molecule has 0 aliphatic heterocycles. The molecule has 1 heteroatoms. The van der Waals surface area contributed by atoms with E-state index in [0.717, 1.165) is 5.92 Å². The van der Waals surface area contributed by atoms with E-state index in [1.165, 1.54) is 31.4 Å². The molecule has 0 N–H and O–H groups in total. The minimum atomic E-state index is 0.634. The zero-order valence-corrected chi connectivity index (χ0v) is 8.84. The van der Waals surface area contributed by atoms with Crippen LogP contribution in [-0.4, -0.2) is 10.5 Å². The molecule has 66 valence electrons. The molecule has 0 bridgehead atoms. The van der Waals surface area contributed by atoms with E-state index in [0.29, 0.717) is 4.75 Å². The minimum Gasteiger partial charge on any atom is -0.155 e. The molecule has 0 saturated heterocycles. The summed E-state index contributed by atoms with van der Waals surface area (Å²) < 4.78 is 0.634. The molecule has 0 heterocycles. The fraction of sp³-hybridized carbons (Fsp3) is 1.00. The molecule has 0 aromatic heterocycles. The van der Waals surface area contributed by atoms with Crippen LogP contribution >= 0.6 is 11.8 Å². The molecular weight excluding hydrogens is 152 g/mol. The Morgan fingerprint density at radius 3 is 2.73 bits per heavy atom. The van der Waals surface area contributed by atoms with Crippen molar-refractivity contribution >= 4 is 11.8 Å². The maximum absolute atomic E-state index is 2.44. The Morgan fingerprint density at radius 2 is 2.27 bits per heavy atom.